The molecule has 1 saturated heterocycles. The average molecular weight is 547 g/mol. The van der Waals surface area contributed by atoms with Crippen LogP contribution in [0.3, 0.4) is 0 Å². The van der Waals surface area contributed by atoms with Gasteiger partial charge in [-0.3, -0.25) is 14.4 Å². The molecule has 33 heavy (non-hydrogen) atoms. The van der Waals surface area contributed by atoms with Gasteiger partial charge in [-0.2, -0.15) is 0 Å². The SMILES string of the molecule is CCN(CC)C(=O)Cn1cc(/C=C2\SC(=O)N(c3ccc(Cl)cc3)C2=O)c2cc(Br)ccc21. The number of carbonyl (C=O) groups is 3. The van der Waals surface area contributed by atoms with Crippen LogP contribution >= 0.6 is 39.3 Å². The van der Waals surface area contributed by atoms with Gasteiger partial charge in [0.1, 0.15) is 6.54 Å². The quantitative estimate of drug-likeness (QED) is 0.347. The van der Waals surface area contributed by atoms with Gasteiger partial charge < -0.3 is 9.47 Å². The van der Waals surface area contributed by atoms with Crippen molar-refractivity contribution in [3.05, 3.63) is 68.6 Å². The van der Waals surface area contributed by atoms with Crippen molar-refractivity contribution < 1.29 is 14.4 Å². The number of fused-ring (bicyclic) bond motifs is 1. The topological polar surface area (TPSA) is 62.6 Å². The van der Waals surface area contributed by atoms with Crippen molar-refractivity contribution in [1.82, 2.24) is 9.47 Å². The Kier molecular flexibility index (Phi) is 6.97. The second kappa shape index (κ2) is 9.75. The first-order valence-electron chi connectivity index (χ1n) is 10.4. The highest BCUT2D eigenvalue weighted by Crippen LogP contribution is 2.37. The number of thioether (sulfide) groups is 1. The minimum atomic E-state index is -0.387. The molecule has 3 amide bonds. The Morgan fingerprint density at radius 2 is 1.82 bits per heavy atom. The first-order valence-corrected chi connectivity index (χ1v) is 12.4. The third kappa shape index (κ3) is 4.74. The van der Waals surface area contributed by atoms with Crippen molar-refractivity contribution in [2.75, 3.05) is 18.0 Å². The lowest BCUT2D eigenvalue weighted by atomic mass is 10.1. The van der Waals surface area contributed by atoms with E-state index in [1.165, 1.54) is 0 Å². The van der Waals surface area contributed by atoms with Crippen LogP contribution in [0.25, 0.3) is 17.0 Å². The fourth-order valence-electron chi connectivity index (χ4n) is 3.79. The molecule has 4 rings (SSSR count). The lowest BCUT2D eigenvalue weighted by Gasteiger charge is -2.19. The van der Waals surface area contributed by atoms with Crippen molar-refractivity contribution in [3.8, 4) is 0 Å². The number of aromatic nitrogens is 1. The molecule has 0 atom stereocenters. The Balaban J connectivity index is 1.71. The smallest absolute Gasteiger partial charge is 0.298 e. The number of anilines is 1. The molecule has 1 aliphatic rings. The lowest BCUT2D eigenvalue weighted by molar-refractivity contribution is -0.131. The average Bonchev–Trinajstić information content (AvgIpc) is 3.25. The zero-order chi connectivity index (χ0) is 23.7. The molecular formula is C24H21BrClN3O3S. The number of rotatable bonds is 6. The molecule has 0 spiro atoms. The summed E-state index contributed by atoms with van der Waals surface area (Å²) in [6.45, 7) is 5.39. The number of hydrogen-bond acceptors (Lipinski definition) is 4. The van der Waals surface area contributed by atoms with Crippen LogP contribution in [-0.2, 0) is 16.1 Å². The van der Waals surface area contributed by atoms with Gasteiger partial charge in [-0.1, -0.05) is 27.5 Å². The van der Waals surface area contributed by atoms with Crippen LogP contribution in [-0.4, -0.2) is 39.6 Å². The fraction of sp³-hybridized carbons (Fsp3) is 0.208. The summed E-state index contributed by atoms with van der Waals surface area (Å²) in [5.41, 5.74) is 2.11. The first kappa shape index (κ1) is 23.6. The van der Waals surface area contributed by atoms with Crippen molar-refractivity contribution in [1.29, 1.82) is 0 Å². The van der Waals surface area contributed by atoms with E-state index in [-0.39, 0.29) is 23.6 Å². The van der Waals surface area contributed by atoms with E-state index < -0.39 is 0 Å². The zero-order valence-electron chi connectivity index (χ0n) is 18.0. The molecule has 1 aromatic heterocycles. The summed E-state index contributed by atoms with van der Waals surface area (Å²) in [6.07, 6.45) is 3.57. The van der Waals surface area contributed by atoms with E-state index in [1.807, 2.05) is 42.8 Å². The molecule has 0 unspecified atom stereocenters. The van der Waals surface area contributed by atoms with E-state index >= 15 is 0 Å². The van der Waals surface area contributed by atoms with Crippen LogP contribution in [0.1, 0.15) is 19.4 Å². The largest absolute Gasteiger partial charge is 0.342 e. The summed E-state index contributed by atoms with van der Waals surface area (Å²) < 4.78 is 2.77. The highest BCUT2D eigenvalue weighted by atomic mass is 79.9. The summed E-state index contributed by atoms with van der Waals surface area (Å²) in [5.74, 6) is -0.364. The van der Waals surface area contributed by atoms with Gasteiger partial charge in [-0.25, -0.2) is 4.90 Å². The van der Waals surface area contributed by atoms with E-state index in [9.17, 15) is 14.4 Å². The molecule has 2 heterocycles. The molecule has 1 aliphatic heterocycles. The summed E-state index contributed by atoms with van der Waals surface area (Å²) in [6, 6.07) is 12.4. The number of carbonyl (C=O) groups excluding carboxylic acids is 3. The molecule has 0 saturated carbocycles. The highest BCUT2D eigenvalue weighted by molar-refractivity contribution is 9.10. The normalized spacial score (nSPS) is 15.2. The second-order valence-corrected chi connectivity index (χ2v) is 9.78. The standard InChI is InChI=1S/C24H21BrClN3O3S/c1-3-27(4-2)22(30)14-28-13-15(19-12-16(25)5-10-20(19)28)11-21-23(31)29(24(32)33-21)18-8-6-17(26)7-9-18/h5-13H,3-4,14H2,1-2H3/b21-11-. The van der Waals surface area contributed by atoms with Crippen LogP contribution < -0.4 is 4.90 Å². The van der Waals surface area contributed by atoms with Gasteiger partial charge in [0.25, 0.3) is 11.1 Å². The maximum absolute atomic E-state index is 13.1. The molecule has 1 fully saturated rings. The van der Waals surface area contributed by atoms with Crippen molar-refractivity contribution in [2.24, 2.45) is 0 Å². The maximum Gasteiger partial charge on any atom is 0.298 e. The van der Waals surface area contributed by atoms with Crippen LogP contribution in [0.5, 0.6) is 0 Å². The molecule has 0 bridgehead atoms. The fourth-order valence-corrected chi connectivity index (χ4v) is 5.11. The third-order valence-electron chi connectivity index (χ3n) is 5.46. The van der Waals surface area contributed by atoms with E-state index in [1.54, 1.807) is 35.2 Å². The molecular weight excluding hydrogens is 526 g/mol. The van der Waals surface area contributed by atoms with Gasteiger partial charge in [-0.05, 0) is 74.1 Å². The molecule has 9 heteroatoms. The molecule has 6 nitrogen and oxygen atoms in total. The van der Waals surface area contributed by atoms with Gasteiger partial charge in [-0.15, -0.1) is 0 Å². The molecule has 170 valence electrons. The van der Waals surface area contributed by atoms with Crippen molar-refractivity contribution in [3.63, 3.8) is 0 Å². The predicted molar refractivity (Wildman–Crippen MR) is 137 cm³/mol. The number of benzene rings is 2. The minimum Gasteiger partial charge on any atom is -0.342 e. The van der Waals surface area contributed by atoms with Gasteiger partial charge in [0.2, 0.25) is 5.91 Å². The monoisotopic (exact) mass is 545 g/mol. The number of halogens is 2. The van der Waals surface area contributed by atoms with E-state index in [4.69, 9.17) is 11.6 Å². The molecule has 0 aliphatic carbocycles. The summed E-state index contributed by atoms with van der Waals surface area (Å²) in [5, 5.41) is 1.05. The van der Waals surface area contributed by atoms with Crippen LogP contribution in [0.15, 0.2) is 58.0 Å². The number of likely N-dealkylation sites (N-methyl/N-ethyl adjacent to an activating group) is 1. The Hall–Kier alpha value is -2.55. The van der Waals surface area contributed by atoms with Gasteiger partial charge in [0.05, 0.1) is 10.6 Å². The Bertz CT molecular complexity index is 1280. The van der Waals surface area contributed by atoms with Crippen LogP contribution in [0.2, 0.25) is 5.02 Å². The van der Waals surface area contributed by atoms with E-state index in [0.29, 0.717) is 28.7 Å². The highest BCUT2D eigenvalue weighted by Gasteiger charge is 2.36. The summed E-state index contributed by atoms with van der Waals surface area (Å²) >= 11 is 10.3. The third-order valence-corrected chi connectivity index (χ3v) is 7.08. The molecule has 0 radical (unpaired) electrons. The number of imide groups is 1. The Labute approximate surface area is 209 Å². The van der Waals surface area contributed by atoms with Crippen molar-refractivity contribution >= 4 is 79.0 Å². The van der Waals surface area contributed by atoms with Crippen LogP contribution in [0.4, 0.5) is 10.5 Å². The zero-order valence-corrected chi connectivity index (χ0v) is 21.2. The van der Waals surface area contributed by atoms with Crippen LogP contribution in [0, 0.1) is 0 Å². The molecule has 0 N–H and O–H groups in total. The lowest BCUT2D eigenvalue weighted by Crippen LogP contribution is -2.33. The maximum atomic E-state index is 13.1. The number of nitrogens with zero attached hydrogens (tertiary/aromatic N) is 3. The molecule has 2 aromatic carbocycles. The summed E-state index contributed by atoms with van der Waals surface area (Å²) in [4.78, 5) is 41.6. The predicted octanol–water partition coefficient (Wildman–Crippen LogP) is 6.17. The number of amides is 3. The van der Waals surface area contributed by atoms with Gasteiger partial charge in [0, 0.05) is 45.2 Å². The Morgan fingerprint density at radius 1 is 1.12 bits per heavy atom. The Morgan fingerprint density at radius 3 is 2.48 bits per heavy atom. The van der Waals surface area contributed by atoms with Gasteiger partial charge in [0.15, 0.2) is 0 Å². The minimum absolute atomic E-state index is 0.0226. The van der Waals surface area contributed by atoms with Crippen molar-refractivity contribution in [2.45, 2.75) is 20.4 Å². The van der Waals surface area contributed by atoms with E-state index in [0.717, 1.165) is 37.6 Å². The van der Waals surface area contributed by atoms with E-state index in [2.05, 4.69) is 15.9 Å². The second-order valence-electron chi connectivity index (χ2n) is 7.43. The molecule has 3 aromatic rings. The van der Waals surface area contributed by atoms with Gasteiger partial charge >= 0.3 is 0 Å². The number of hydrogen-bond donors (Lipinski definition) is 0. The first-order chi connectivity index (χ1) is 15.8. The summed E-state index contributed by atoms with van der Waals surface area (Å²) in [7, 11) is 0.